The average Bonchev–Trinajstić information content (AvgIpc) is 3.23. The Kier molecular flexibility index (Phi) is 4.76. The normalized spacial score (nSPS) is 24.8. The molecule has 3 aliphatic rings. The highest BCUT2D eigenvalue weighted by Crippen LogP contribution is 2.49. The molecule has 0 bridgehead atoms. The van der Waals surface area contributed by atoms with Gasteiger partial charge < -0.3 is 10.2 Å². The highest BCUT2D eigenvalue weighted by molar-refractivity contribution is 5.94. The lowest BCUT2D eigenvalue weighted by molar-refractivity contribution is -0.121. The molecule has 6 nitrogen and oxygen atoms in total. The number of aryl methyl sites for hydroxylation is 1. The first-order chi connectivity index (χ1) is 12.6. The molecule has 1 spiro atoms. The molecule has 26 heavy (non-hydrogen) atoms. The van der Waals surface area contributed by atoms with E-state index in [0.717, 1.165) is 32.4 Å². The summed E-state index contributed by atoms with van der Waals surface area (Å²) < 4.78 is 1.68. The van der Waals surface area contributed by atoms with Gasteiger partial charge in [-0.3, -0.25) is 14.3 Å². The highest BCUT2D eigenvalue weighted by atomic mass is 16.2. The van der Waals surface area contributed by atoms with Crippen molar-refractivity contribution in [3.05, 3.63) is 18.0 Å². The molecule has 4 rings (SSSR count). The van der Waals surface area contributed by atoms with Gasteiger partial charge in [0.1, 0.15) is 0 Å². The predicted octanol–water partition coefficient (Wildman–Crippen LogP) is 2.50. The first kappa shape index (κ1) is 17.6. The van der Waals surface area contributed by atoms with Crippen LogP contribution >= 0.6 is 0 Å². The third-order valence-electron chi connectivity index (χ3n) is 6.56. The topological polar surface area (TPSA) is 67.2 Å². The summed E-state index contributed by atoms with van der Waals surface area (Å²) >= 11 is 0. The van der Waals surface area contributed by atoms with Crippen molar-refractivity contribution in [1.29, 1.82) is 0 Å². The van der Waals surface area contributed by atoms with Gasteiger partial charge in [0, 0.05) is 38.8 Å². The van der Waals surface area contributed by atoms with Crippen LogP contribution in [-0.4, -0.2) is 45.6 Å². The molecule has 2 amide bonds. The average molecular weight is 358 g/mol. The van der Waals surface area contributed by atoms with Gasteiger partial charge in [0.15, 0.2) is 0 Å². The van der Waals surface area contributed by atoms with E-state index in [-0.39, 0.29) is 17.2 Å². The molecule has 2 aliphatic carbocycles. The molecule has 2 saturated carbocycles. The van der Waals surface area contributed by atoms with Crippen LogP contribution in [0.1, 0.15) is 68.1 Å². The third-order valence-corrected chi connectivity index (χ3v) is 6.56. The van der Waals surface area contributed by atoms with Crippen molar-refractivity contribution >= 4 is 11.8 Å². The van der Waals surface area contributed by atoms with E-state index >= 15 is 0 Å². The number of hydrogen-bond donors (Lipinski definition) is 1. The summed E-state index contributed by atoms with van der Waals surface area (Å²) in [6, 6.07) is 0.429. The zero-order valence-corrected chi connectivity index (χ0v) is 15.7. The van der Waals surface area contributed by atoms with Crippen molar-refractivity contribution in [3.8, 4) is 0 Å². The SMILES string of the molecule is Cn1cc(C(=O)N2CC(CCC(=O)NC3CC3)C3(CCCCC3)C2)cn1. The lowest BCUT2D eigenvalue weighted by atomic mass is 9.66. The van der Waals surface area contributed by atoms with Gasteiger partial charge in [-0.05, 0) is 43.4 Å². The van der Waals surface area contributed by atoms with Crippen LogP contribution in [0.2, 0.25) is 0 Å². The highest BCUT2D eigenvalue weighted by Gasteiger charge is 2.48. The van der Waals surface area contributed by atoms with Crippen LogP contribution in [0.15, 0.2) is 12.4 Å². The zero-order chi connectivity index (χ0) is 18.1. The smallest absolute Gasteiger partial charge is 0.257 e. The summed E-state index contributed by atoms with van der Waals surface area (Å²) in [6.07, 6.45) is 13.4. The van der Waals surface area contributed by atoms with E-state index in [4.69, 9.17) is 0 Å². The van der Waals surface area contributed by atoms with Crippen LogP contribution in [0.3, 0.4) is 0 Å². The fourth-order valence-corrected chi connectivity index (χ4v) is 4.95. The summed E-state index contributed by atoms with van der Waals surface area (Å²) in [5.74, 6) is 0.719. The molecular weight excluding hydrogens is 328 g/mol. The van der Waals surface area contributed by atoms with E-state index in [1.165, 1.54) is 32.1 Å². The van der Waals surface area contributed by atoms with Crippen molar-refractivity contribution in [2.45, 2.75) is 63.8 Å². The molecule has 0 radical (unpaired) electrons. The van der Waals surface area contributed by atoms with Crippen molar-refractivity contribution in [2.24, 2.45) is 18.4 Å². The van der Waals surface area contributed by atoms with Crippen LogP contribution in [0.25, 0.3) is 0 Å². The Hall–Kier alpha value is -1.85. The Labute approximate surface area is 155 Å². The molecular formula is C20H30N4O2. The van der Waals surface area contributed by atoms with E-state index in [0.29, 0.717) is 23.9 Å². The fourth-order valence-electron chi connectivity index (χ4n) is 4.95. The van der Waals surface area contributed by atoms with E-state index < -0.39 is 0 Å². The molecule has 3 fully saturated rings. The van der Waals surface area contributed by atoms with Gasteiger partial charge in [0.2, 0.25) is 5.91 Å². The molecule has 142 valence electrons. The summed E-state index contributed by atoms with van der Waals surface area (Å²) in [5.41, 5.74) is 0.890. The third kappa shape index (κ3) is 3.64. The Morgan fingerprint density at radius 2 is 2.04 bits per heavy atom. The largest absolute Gasteiger partial charge is 0.353 e. The van der Waals surface area contributed by atoms with E-state index in [1.807, 2.05) is 11.9 Å². The second-order valence-electron chi connectivity index (χ2n) is 8.59. The van der Waals surface area contributed by atoms with E-state index in [1.54, 1.807) is 17.1 Å². The lowest BCUT2D eigenvalue weighted by Crippen LogP contribution is -2.35. The maximum atomic E-state index is 12.9. The number of carbonyl (C=O) groups excluding carboxylic acids is 2. The van der Waals surface area contributed by atoms with Crippen LogP contribution in [0.5, 0.6) is 0 Å². The molecule has 1 unspecified atom stereocenters. The zero-order valence-electron chi connectivity index (χ0n) is 15.7. The molecule has 1 aromatic rings. The summed E-state index contributed by atoms with van der Waals surface area (Å²) in [5, 5.41) is 7.24. The molecule has 2 heterocycles. The van der Waals surface area contributed by atoms with Crippen LogP contribution in [0, 0.1) is 11.3 Å². The number of hydrogen-bond acceptors (Lipinski definition) is 3. The molecule has 1 atom stereocenters. The first-order valence-corrected chi connectivity index (χ1v) is 10.1. The van der Waals surface area contributed by atoms with Gasteiger partial charge in [0.05, 0.1) is 11.8 Å². The van der Waals surface area contributed by atoms with Gasteiger partial charge in [0.25, 0.3) is 5.91 Å². The molecule has 6 heteroatoms. The van der Waals surface area contributed by atoms with Crippen molar-refractivity contribution in [2.75, 3.05) is 13.1 Å². The van der Waals surface area contributed by atoms with Gasteiger partial charge in [-0.1, -0.05) is 19.3 Å². The number of aromatic nitrogens is 2. The quantitative estimate of drug-likeness (QED) is 0.879. The minimum atomic E-state index is 0.0907. The van der Waals surface area contributed by atoms with Gasteiger partial charge >= 0.3 is 0 Å². The van der Waals surface area contributed by atoms with Crippen LogP contribution in [0.4, 0.5) is 0 Å². The molecule has 1 saturated heterocycles. The second kappa shape index (κ2) is 7.05. The summed E-state index contributed by atoms with van der Waals surface area (Å²) in [7, 11) is 1.84. The number of carbonyl (C=O) groups is 2. The van der Waals surface area contributed by atoms with E-state index in [9.17, 15) is 9.59 Å². The standard InChI is InChI=1S/C20H30N4O2/c1-23-12-15(11-21-23)19(26)24-13-16(5-8-18(25)22-17-6-7-17)20(14-24)9-3-2-4-10-20/h11-12,16-17H,2-10,13-14H2,1H3,(H,22,25). The number of nitrogens with one attached hydrogen (secondary N) is 1. The lowest BCUT2D eigenvalue weighted by Gasteiger charge is -2.38. The molecule has 1 N–H and O–H groups in total. The number of likely N-dealkylation sites (tertiary alicyclic amines) is 1. The van der Waals surface area contributed by atoms with Crippen molar-refractivity contribution < 1.29 is 9.59 Å². The molecule has 0 aromatic carbocycles. The summed E-state index contributed by atoms with van der Waals surface area (Å²) in [6.45, 7) is 1.63. The van der Waals surface area contributed by atoms with Crippen LogP contribution in [-0.2, 0) is 11.8 Å². The molecule has 1 aromatic heterocycles. The second-order valence-corrected chi connectivity index (χ2v) is 8.59. The van der Waals surface area contributed by atoms with Crippen molar-refractivity contribution in [3.63, 3.8) is 0 Å². The Balaban J connectivity index is 1.43. The minimum Gasteiger partial charge on any atom is -0.353 e. The Morgan fingerprint density at radius 1 is 1.27 bits per heavy atom. The van der Waals surface area contributed by atoms with Gasteiger partial charge in [-0.2, -0.15) is 5.10 Å². The molecule has 1 aliphatic heterocycles. The van der Waals surface area contributed by atoms with Crippen molar-refractivity contribution in [1.82, 2.24) is 20.0 Å². The predicted molar refractivity (Wildman–Crippen MR) is 98.5 cm³/mol. The maximum Gasteiger partial charge on any atom is 0.257 e. The van der Waals surface area contributed by atoms with E-state index in [2.05, 4.69) is 10.4 Å². The Morgan fingerprint density at radius 3 is 2.69 bits per heavy atom. The number of amides is 2. The Bertz CT molecular complexity index is 673. The van der Waals surface area contributed by atoms with Gasteiger partial charge in [-0.15, -0.1) is 0 Å². The number of nitrogens with zero attached hydrogens (tertiary/aromatic N) is 3. The van der Waals surface area contributed by atoms with Crippen LogP contribution < -0.4 is 5.32 Å². The first-order valence-electron chi connectivity index (χ1n) is 10.1. The maximum absolute atomic E-state index is 12.9. The fraction of sp³-hybridized carbons (Fsp3) is 0.750. The number of rotatable bonds is 5. The minimum absolute atomic E-state index is 0.0907. The summed E-state index contributed by atoms with van der Waals surface area (Å²) in [4.78, 5) is 27.1. The monoisotopic (exact) mass is 358 g/mol. The van der Waals surface area contributed by atoms with Gasteiger partial charge in [-0.25, -0.2) is 0 Å².